The summed E-state index contributed by atoms with van der Waals surface area (Å²) >= 11 is 0. The van der Waals surface area contributed by atoms with E-state index in [0.29, 0.717) is 6.04 Å². The molecule has 0 saturated carbocycles. The minimum Gasteiger partial charge on any atom is -0.318 e. The van der Waals surface area contributed by atoms with Gasteiger partial charge in [-0.25, -0.2) is 0 Å². The maximum absolute atomic E-state index is 10.8. The van der Waals surface area contributed by atoms with Crippen LogP contribution in [0.3, 0.4) is 0 Å². The van der Waals surface area contributed by atoms with E-state index in [-0.39, 0.29) is 0 Å². The topological polar surface area (TPSA) is 35.6 Å². The van der Waals surface area contributed by atoms with Gasteiger partial charge in [-0.05, 0) is 37.1 Å². The van der Waals surface area contributed by atoms with Crippen LogP contribution in [0.2, 0.25) is 0 Å². The van der Waals surface area contributed by atoms with Crippen LogP contribution in [0.1, 0.15) is 18.1 Å². The van der Waals surface area contributed by atoms with Crippen molar-refractivity contribution in [1.82, 2.24) is 10.2 Å². The number of anilines is 1. The zero-order valence-corrected chi connectivity index (χ0v) is 12.0. The van der Waals surface area contributed by atoms with Crippen molar-refractivity contribution in [2.45, 2.75) is 26.4 Å². The second-order valence-corrected chi connectivity index (χ2v) is 5.42. The van der Waals surface area contributed by atoms with Crippen molar-refractivity contribution in [2.24, 2.45) is 0 Å². The Morgan fingerprint density at radius 2 is 2.32 bits per heavy atom. The van der Waals surface area contributed by atoms with Crippen molar-refractivity contribution < 1.29 is 4.79 Å². The maximum Gasteiger partial charge on any atom is 0.213 e. The van der Waals surface area contributed by atoms with Crippen LogP contribution in [0.4, 0.5) is 5.69 Å². The molecule has 1 N–H and O–H groups in total. The Bertz CT molecular complexity index is 447. The highest BCUT2D eigenvalue weighted by Gasteiger charge is 2.16. The number of aryl methyl sites for hydroxylation is 1. The van der Waals surface area contributed by atoms with Gasteiger partial charge in [-0.2, -0.15) is 0 Å². The summed E-state index contributed by atoms with van der Waals surface area (Å²) in [6.07, 6.45) is 0.840. The van der Waals surface area contributed by atoms with Crippen LogP contribution in [0.25, 0.3) is 0 Å². The highest BCUT2D eigenvalue weighted by molar-refractivity contribution is 5.74. The first-order valence-corrected chi connectivity index (χ1v) is 6.83. The summed E-state index contributed by atoms with van der Waals surface area (Å²) in [5.74, 6) is 0. The van der Waals surface area contributed by atoms with E-state index < -0.39 is 0 Å². The largest absolute Gasteiger partial charge is 0.318 e. The molecular formula is C15H23N3O. The lowest BCUT2D eigenvalue weighted by atomic mass is 10.1. The van der Waals surface area contributed by atoms with Gasteiger partial charge in [0.05, 0.1) is 0 Å². The van der Waals surface area contributed by atoms with Gasteiger partial charge in [0.25, 0.3) is 0 Å². The molecule has 0 spiro atoms. The third-order valence-electron chi connectivity index (χ3n) is 3.74. The number of nitrogens with one attached hydrogen (secondary N) is 1. The molecule has 1 aromatic rings. The van der Waals surface area contributed by atoms with Gasteiger partial charge in [-0.15, -0.1) is 0 Å². The molecule has 1 aliphatic heterocycles. The molecule has 1 fully saturated rings. The number of hydrogen-bond acceptors (Lipinski definition) is 3. The number of hydrogen-bond donors (Lipinski definition) is 1. The first kappa shape index (κ1) is 14.0. The number of carbonyl (C=O) groups is 1. The van der Waals surface area contributed by atoms with Crippen LogP contribution < -0.4 is 10.2 Å². The van der Waals surface area contributed by atoms with Gasteiger partial charge < -0.3 is 10.2 Å². The zero-order chi connectivity index (χ0) is 13.8. The fourth-order valence-electron chi connectivity index (χ4n) is 2.53. The Hall–Kier alpha value is -1.39. The van der Waals surface area contributed by atoms with Crippen LogP contribution >= 0.6 is 0 Å². The summed E-state index contributed by atoms with van der Waals surface area (Å²) < 4.78 is 0. The van der Waals surface area contributed by atoms with Crippen LogP contribution in [-0.2, 0) is 11.3 Å². The van der Waals surface area contributed by atoms with Crippen LogP contribution in [0.15, 0.2) is 18.2 Å². The van der Waals surface area contributed by atoms with E-state index in [0.717, 1.165) is 38.3 Å². The number of benzene rings is 1. The first-order valence-electron chi connectivity index (χ1n) is 6.83. The van der Waals surface area contributed by atoms with Gasteiger partial charge >= 0.3 is 0 Å². The Labute approximate surface area is 115 Å². The average molecular weight is 261 g/mol. The monoisotopic (exact) mass is 261 g/mol. The van der Waals surface area contributed by atoms with E-state index in [1.807, 2.05) is 6.07 Å². The Morgan fingerprint density at radius 1 is 1.53 bits per heavy atom. The second kappa shape index (κ2) is 6.17. The molecule has 1 aromatic carbocycles. The molecule has 1 saturated heterocycles. The van der Waals surface area contributed by atoms with E-state index in [1.165, 1.54) is 11.1 Å². The fourth-order valence-corrected chi connectivity index (χ4v) is 2.53. The quantitative estimate of drug-likeness (QED) is 0.832. The predicted octanol–water partition coefficient (Wildman–Crippen LogP) is 1.38. The van der Waals surface area contributed by atoms with Crippen molar-refractivity contribution in [3.05, 3.63) is 29.3 Å². The normalized spacial score (nSPS) is 20.3. The van der Waals surface area contributed by atoms with Gasteiger partial charge in [0.15, 0.2) is 0 Å². The molecule has 2 rings (SSSR count). The highest BCUT2D eigenvalue weighted by atomic mass is 16.1. The van der Waals surface area contributed by atoms with Crippen molar-refractivity contribution in [3.8, 4) is 0 Å². The minimum absolute atomic E-state index is 0.564. The van der Waals surface area contributed by atoms with E-state index in [1.54, 1.807) is 11.9 Å². The fraction of sp³-hybridized carbons (Fsp3) is 0.533. The summed E-state index contributed by atoms with van der Waals surface area (Å²) in [6, 6.07) is 6.80. The van der Waals surface area contributed by atoms with Crippen LogP contribution in [-0.4, -0.2) is 44.0 Å². The molecule has 0 bridgehead atoms. The minimum atomic E-state index is 0.564. The van der Waals surface area contributed by atoms with Gasteiger partial charge in [0.1, 0.15) is 0 Å². The molecule has 4 heteroatoms. The lowest BCUT2D eigenvalue weighted by molar-refractivity contribution is -0.107. The number of piperazine rings is 1. The molecule has 1 amide bonds. The molecule has 19 heavy (non-hydrogen) atoms. The van der Waals surface area contributed by atoms with E-state index in [9.17, 15) is 4.79 Å². The van der Waals surface area contributed by atoms with Gasteiger partial charge in [0, 0.05) is 45.0 Å². The van der Waals surface area contributed by atoms with Crippen molar-refractivity contribution in [3.63, 3.8) is 0 Å². The third kappa shape index (κ3) is 3.55. The molecule has 4 nitrogen and oxygen atoms in total. The molecule has 0 aromatic heterocycles. The Balaban J connectivity index is 2.06. The van der Waals surface area contributed by atoms with Gasteiger partial charge in [-0.3, -0.25) is 9.69 Å². The first-order chi connectivity index (χ1) is 9.10. The lowest BCUT2D eigenvalue weighted by Crippen LogP contribution is -2.48. The Morgan fingerprint density at radius 3 is 2.95 bits per heavy atom. The van der Waals surface area contributed by atoms with Gasteiger partial charge in [-0.1, -0.05) is 6.07 Å². The maximum atomic E-state index is 10.8. The molecule has 1 unspecified atom stereocenters. The molecule has 1 atom stereocenters. The van der Waals surface area contributed by atoms with E-state index in [4.69, 9.17) is 0 Å². The SMILES string of the molecule is Cc1cc(N(C)C=O)ccc1CN1CCNC(C)C1. The van der Waals surface area contributed by atoms with E-state index >= 15 is 0 Å². The van der Waals surface area contributed by atoms with Crippen molar-refractivity contribution >= 4 is 12.1 Å². The summed E-state index contributed by atoms with van der Waals surface area (Å²) in [7, 11) is 1.78. The van der Waals surface area contributed by atoms with E-state index in [2.05, 4.69) is 36.2 Å². The molecule has 0 aliphatic carbocycles. The number of amides is 1. The summed E-state index contributed by atoms with van der Waals surface area (Å²) in [5.41, 5.74) is 3.54. The number of rotatable bonds is 4. The number of nitrogens with zero attached hydrogens (tertiary/aromatic N) is 2. The standard InChI is InChI=1S/C15H23N3O/c1-12-8-15(17(3)11-19)5-4-14(12)10-18-7-6-16-13(2)9-18/h4-5,8,11,13,16H,6-7,9-10H2,1-3H3. The zero-order valence-electron chi connectivity index (χ0n) is 12.0. The molecule has 1 aliphatic rings. The van der Waals surface area contributed by atoms with Crippen LogP contribution in [0.5, 0.6) is 0 Å². The highest BCUT2D eigenvalue weighted by Crippen LogP contribution is 2.19. The molecule has 104 valence electrons. The van der Waals surface area contributed by atoms with Gasteiger partial charge in [0.2, 0.25) is 6.41 Å². The molecule has 1 heterocycles. The molecule has 0 radical (unpaired) electrons. The predicted molar refractivity (Wildman–Crippen MR) is 78.4 cm³/mol. The van der Waals surface area contributed by atoms with Crippen molar-refractivity contribution in [2.75, 3.05) is 31.6 Å². The van der Waals surface area contributed by atoms with Crippen LogP contribution in [0, 0.1) is 6.92 Å². The summed E-state index contributed by atoms with van der Waals surface area (Å²) in [5, 5.41) is 3.46. The second-order valence-electron chi connectivity index (χ2n) is 5.42. The number of carbonyl (C=O) groups excluding carboxylic acids is 1. The molecular weight excluding hydrogens is 238 g/mol. The summed E-state index contributed by atoms with van der Waals surface area (Å²) in [4.78, 5) is 14.8. The Kier molecular flexibility index (Phi) is 4.56. The van der Waals surface area contributed by atoms with Crippen molar-refractivity contribution in [1.29, 1.82) is 0 Å². The average Bonchev–Trinajstić information content (AvgIpc) is 2.40. The smallest absolute Gasteiger partial charge is 0.213 e. The lowest BCUT2D eigenvalue weighted by Gasteiger charge is -2.32. The third-order valence-corrected chi connectivity index (χ3v) is 3.74. The summed E-state index contributed by atoms with van der Waals surface area (Å²) in [6.45, 7) is 8.58.